The molecule has 0 spiro atoms. The number of hydrogen-bond acceptors (Lipinski definition) is 6. The molecule has 0 radical (unpaired) electrons. The van der Waals surface area contributed by atoms with Crippen molar-refractivity contribution in [1.29, 1.82) is 0 Å². The van der Waals surface area contributed by atoms with Crippen molar-refractivity contribution in [1.82, 2.24) is 15.0 Å². The molecule has 164 valence electrons. The number of carbonyl (C=O) groups is 1. The second-order valence-electron chi connectivity index (χ2n) is 8.16. The zero-order valence-electron chi connectivity index (χ0n) is 18.1. The van der Waals surface area contributed by atoms with E-state index >= 15 is 0 Å². The molecular weight excluding hydrogens is 404 g/mol. The SMILES string of the molecule is COc1ccccc1C=CC(=O)N1CCN(c2ccc(-c3noc(C4CC4)n3)cc2)CC1. The highest BCUT2D eigenvalue weighted by Crippen LogP contribution is 2.39. The second-order valence-corrected chi connectivity index (χ2v) is 8.16. The van der Waals surface area contributed by atoms with Crippen LogP contribution < -0.4 is 9.64 Å². The summed E-state index contributed by atoms with van der Waals surface area (Å²) in [5, 5.41) is 4.11. The zero-order chi connectivity index (χ0) is 21.9. The van der Waals surface area contributed by atoms with E-state index in [1.807, 2.05) is 47.4 Å². The third-order valence-electron chi connectivity index (χ3n) is 5.99. The van der Waals surface area contributed by atoms with Gasteiger partial charge >= 0.3 is 0 Å². The first-order valence-electron chi connectivity index (χ1n) is 11.0. The van der Waals surface area contributed by atoms with Crippen LogP contribution in [0.1, 0.15) is 30.2 Å². The normalized spacial score (nSPS) is 16.5. The Bertz CT molecular complexity index is 1110. The number of piperazine rings is 1. The average molecular weight is 431 g/mol. The van der Waals surface area contributed by atoms with Crippen LogP contribution in [-0.2, 0) is 4.79 Å². The van der Waals surface area contributed by atoms with Gasteiger partial charge in [-0.1, -0.05) is 23.4 Å². The summed E-state index contributed by atoms with van der Waals surface area (Å²) in [6, 6.07) is 15.9. The summed E-state index contributed by atoms with van der Waals surface area (Å²) < 4.78 is 10.7. The highest BCUT2D eigenvalue weighted by Gasteiger charge is 2.29. The molecule has 3 aromatic rings. The number of carbonyl (C=O) groups excluding carboxylic acids is 1. The van der Waals surface area contributed by atoms with Crippen LogP contribution in [0.15, 0.2) is 59.1 Å². The van der Waals surface area contributed by atoms with Gasteiger partial charge in [0.2, 0.25) is 17.6 Å². The van der Waals surface area contributed by atoms with Gasteiger partial charge in [-0.2, -0.15) is 4.98 Å². The van der Waals surface area contributed by atoms with Crippen LogP contribution in [0.4, 0.5) is 5.69 Å². The van der Waals surface area contributed by atoms with Crippen LogP contribution in [0.2, 0.25) is 0 Å². The van der Waals surface area contributed by atoms with Gasteiger partial charge in [0.05, 0.1) is 7.11 Å². The fraction of sp³-hybridized carbons (Fsp3) is 0.320. The fourth-order valence-electron chi connectivity index (χ4n) is 3.93. The fourth-order valence-corrected chi connectivity index (χ4v) is 3.93. The third kappa shape index (κ3) is 4.37. The predicted molar refractivity (Wildman–Crippen MR) is 123 cm³/mol. The summed E-state index contributed by atoms with van der Waals surface area (Å²) in [6.45, 7) is 2.96. The van der Waals surface area contributed by atoms with Gasteiger partial charge < -0.3 is 19.1 Å². The van der Waals surface area contributed by atoms with E-state index in [9.17, 15) is 4.79 Å². The van der Waals surface area contributed by atoms with Crippen molar-refractivity contribution < 1.29 is 14.1 Å². The molecule has 2 aromatic carbocycles. The molecule has 0 bridgehead atoms. The molecular formula is C25H26N4O3. The van der Waals surface area contributed by atoms with Gasteiger partial charge in [-0.05, 0) is 49.2 Å². The van der Waals surface area contributed by atoms with E-state index in [0.717, 1.165) is 54.4 Å². The van der Waals surface area contributed by atoms with Crippen molar-refractivity contribution in [2.45, 2.75) is 18.8 Å². The molecule has 1 saturated carbocycles. The van der Waals surface area contributed by atoms with Crippen LogP contribution in [0, 0.1) is 0 Å². The van der Waals surface area contributed by atoms with Gasteiger partial charge in [0.25, 0.3) is 0 Å². The lowest BCUT2D eigenvalue weighted by atomic mass is 10.1. The molecule has 2 fully saturated rings. The second kappa shape index (κ2) is 8.86. The van der Waals surface area contributed by atoms with Gasteiger partial charge in [-0.3, -0.25) is 4.79 Å². The van der Waals surface area contributed by atoms with Crippen LogP contribution in [0.5, 0.6) is 5.75 Å². The zero-order valence-corrected chi connectivity index (χ0v) is 18.1. The first kappa shape index (κ1) is 20.3. The Labute approximate surface area is 187 Å². The molecule has 5 rings (SSSR count). The highest BCUT2D eigenvalue weighted by molar-refractivity contribution is 5.92. The van der Waals surface area contributed by atoms with Crippen molar-refractivity contribution in [2.75, 3.05) is 38.2 Å². The standard InChI is InChI=1S/C25H26N4O3/c1-31-22-5-3-2-4-18(22)10-13-23(30)29-16-14-28(15-17-29)21-11-8-19(9-12-21)24-26-25(32-27-24)20-6-7-20/h2-5,8-13,20H,6-7,14-17H2,1H3. The summed E-state index contributed by atoms with van der Waals surface area (Å²) >= 11 is 0. The Kier molecular flexibility index (Phi) is 5.62. The van der Waals surface area contributed by atoms with Gasteiger partial charge in [0, 0.05) is 55.0 Å². The van der Waals surface area contributed by atoms with E-state index in [1.54, 1.807) is 13.2 Å². The summed E-state index contributed by atoms with van der Waals surface area (Å²) in [4.78, 5) is 21.3. The molecule has 0 N–H and O–H groups in total. The monoisotopic (exact) mass is 430 g/mol. The van der Waals surface area contributed by atoms with Gasteiger partial charge in [-0.25, -0.2) is 0 Å². The number of ether oxygens (including phenoxy) is 1. The largest absolute Gasteiger partial charge is 0.496 e. The van der Waals surface area contributed by atoms with E-state index in [-0.39, 0.29) is 5.91 Å². The van der Waals surface area contributed by atoms with Crippen molar-refractivity contribution in [3.05, 3.63) is 66.1 Å². The van der Waals surface area contributed by atoms with Gasteiger partial charge in [0.1, 0.15) is 5.75 Å². The number of benzene rings is 2. The van der Waals surface area contributed by atoms with E-state index in [2.05, 4.69) is 27.2 Å². The molecule has 0 unspecified atom stereocenters. The quantitative estimate of drug-likeness (QED) is 0.551. The Balaban J connectivity index is 1.17. The highest BCUT2D eigenvalue weighted by atomic mass is 16.5. The minimum Gasteiger partial charge on any atom is -0.496 e. The molecule has 32 heavy (non-hydrogen) atoms. The summed E-state index contributed by atoms with van der Waals surface area (Å²) in [5.74, 6) is 2.64. The van der Waals surface area contributed by atoms with Crippen LogP contribution >= 0.6 is 0 Å². The maximum Gasteiger partial charge on any atom is 0.246 e. The topological polar surface area (TPSA) is 71.7 Å². The van der Waals surface area contributed by atoms with Crippen molar-refractivity contribution >= 4 is 17.7 Å². The Hall–Kier alpha value is -3.61. The maximum absolute atomic E-state index is 12.6. The van der Waals surface area contributed by atoms with Crippen LogP contribution in [-0.4, -0.2) is 54.2 Å². The van der Waals surface area contributed by atoms with E-state index in [1.165, 1.54) is 0 Å². The summed E-state index contributed by atoms with van der Waals surface area (Å²) in [6.07, 6.45) is 5.73. The Morgan fingerprint density at radius 3 is 2.53 bits per heavy atom. The molecule has 7 heteroatoms. The van der Waals surface area contributed by atoms with E-state index in [4.69, 9.17) is 9.26 Å². The van der Waals surface area contributed by atoms with Gasteiger partial charge in [0.15, 0.2) is 0 Å². The number of para-hydroxylation sites is 1. The molecule has 1 aromatic heterocycles. The molecule has 2 heterocycles. The number of methoxy groups -OCH3 is 1. The van der Waals surface area contributed by atoms with Gasteiger partial charge in [-0.15, -0.1) is 0 Å². The van der Waals surface area contributed by atoms with E-state index < -0.39 is 0 Å². The lowest BCUT2D eigenvalue weighted by Crippen LogP contribution is -2.48. The lowest BCUT2D eigenvalue weighted by molar-refractivity contribution is -0.126. The number of aromatic nitrogens is 2. The summed E-state index contributed by atoms with van der Waals surface area (Å²) in [7, 11) is 1.63. The minimum absolute atomic E-state index is 0.0227. The Morgan fingerprint density at radius 1 is 1.06 bits per heavy atom. The first-order valence-corrected chi connectivity index (χ1v) is 11.0. The van der Waals surface area contributed by atoms with Crippen molar-refractivity contribution in [3.63, 3.8) is 0 Å². The van der Waals surface area contributed by atoms with E-state index in [0.29, 0.717) is 24.8 Å². The first-order chi connectivity index (χ1) is 15.7. The third-order valence-corrected chi connectivity index (χ3v) is 5.99. The molecule has 1 saturated heterocycles. The maximum atomic E-state index is 12.6. The van der Waals surface area contributed by atoms with Crippen molar-refractivity contribution in [2.24, 2.45) is 0 Å². The molecule has 2 aliphatic rings. The number of hydrogen-bond donors (Lipinski definition) is 0. The molecule has 7 nitrogen and oxygen atoms in total. The molecule has 1 aliphatic carbocycles. The average Bonchev–Trinajstić information content (AvgIpc) is 3.59. The lowest BCUT2D eigenvalue weighted by Gasteiger charge is -2.35. The number of nitrogens with zero attached hydrogens (tertiary/aromatic N) is 4. The van der Waals surface area contributed by atoms with Crippen LogP contribution in [0.25, 0.3) is 17.5 Å². The van der Waals surface area contributed by atoms with Crippen molar-refractivity contribution in [3.8, 4) is 17.1 Å². The molecule has 1 amide bonds. The number of amides is 1. The number of rotatable bonds is 6. The predicted octanol–water partition coefficient (Wildman–Crippen LogP) is 3.98. The van der Waals surface area contributed by atoms with Crippen LogP contribution in [0.3, 0.4) is 0 Å². The summed E-state index contributed by atoms with van der Waals surface area (Å²) in [5.41, 5.74) is 2.99. The molecule has 0 atom stereocenters. The smallest absolute Gasteiger partial charge is 0.246 e. The number of anilines is 1. The Morgan fingerprint density at radius 2 is 1.81 bits per heavy atom. The minimum atomic E-state index is 0.0227. The molecule has 1 aliphatic heterocycles.